The van der Waals surface area contributed by atoms with Crippen molar-refractivity contribution in [2.45, 2.75) is 43.1 Å². The van der Waals surface area contributed by atoms with E-state index in [1.807, 2.05) is 49.4 Å². The zero-order valence-electron chi connectivity index (χ0n) is 23.3. The van der Waals surface area contributed by atoms with Crippen molar-refractivity contribution in [3.05, 3.63) is 110 Å². The lowest BCUT2D eigenvalue weighted by Gasteiger charge is -2.43. The number of aromatic amines is 1. The number of aromatic nitrogens is 1. The summed E-state index contributed by atoms with van der Waals surface area (Å²) in [7, 11) is 0. The second kappa shape index (κ2) is 9.71. The third-order valence-electron chi connectivity index (χ3n) is 9.74. The second-order valence-electron chi connectivity index (χ2n) is 12.2. The van der Waals surface area contributed by atoms with Crippen LogP contribution in [0.5, 0.6) is 5.75 Å². The Kier molecular flexibility index (Phi) is 6.02. The van der Waals surface area contributed by atoms with Gasteiger partial charge in [-0.2, -0.15) is 0 Å². The van der Waals surface area contributed by atoms with E-state index in [1.54, 1.807) is 11.8 Å². The van der Waals surface area contributed by atoms with E-state index >= 15 is 0 Å². The van der Waals surface area contributed by atoms with Crippen molar-refractivity contribution in [2.24, 2.45) is 29.6 Å². The van der Waals surface area contributed by atoms with Crippen LogP contribution in [-0.4, -0.2) is 22.0 Å². The van der Waals surface area contributed by atoms with Crippen LogP contribution >= 0.6 is 23.1 Å². The van der Waals surface area contributed by atoms with Gasteiger partial charge in [0.1, 0.15) is 12.4 Å². The summed E-state index contributed by atoms with van der Waals surface area (Å²) in [5.41, 5.74) is 5.22. The predicted molar refractivity (Wildman–Crippen MR) is 164 cm³/mol. The molecule has 42 heavy (non-hydrogen) atoms. The number of benzene rings is 3. The lowest BCUT2D eigenvalue weighted by atomic mass is 9.68. The summed E-state index contributed by atoms with van der Waals surface area (Å²) >= 11 is 3.00. The number of nitrogens with zero attached hydrogens (tertiary/aromatic N) is 1. The number of nitrogens with one attached hydrogen (secondary N) is 1. The van der Waals surface area contributed by atoms with Gasteiger partial charge in [-0.1, -0.05) is 71.0 Å². The Labute approximate surface area is 252 Å². The van der Waals surface area contributed by atoms with Gasteiger partial charge in [0.05, 0.1) is 22.5 Å². The van der Waals surface area contributed by atoms with Gasteiger partial charge >= 0.3 is 4.87 Å². The van der Waals surface area contributed by atoms with Gasteiger partial charge in [0.25, 0.3) is 0 Å². The molecule has 2 saturated carbocycles. The minimum Gasteiger partial charge on any atom is -0.489 e. The summed E-state index contributed by atoms with van der Waals surface area (Å²) in [6.07, 6.45) is 0.879. The highest BCUT2D eigenvalue weighted by molar-refractivity contribution is 8.00. The molecule has 3 aromatic carbocycles. The number of carbonyl (C=O) groups excluding carboxylic acids is 2. The van der Waals surface area contributed by atoms with Crippen molar-refractivity contribution >= 4 is 40.6 Å². The number of carbonyl (C=O) groups is 2. The number of aryl methyl sites for hydroxylation is 2. The Morgan fingerprint density at radius 1 is 0.881 bits per heavy atom. The Morgan fingerprint density at radius 3 is 2.36 bits per heavy atom. The van der Waals surface area contributed by atoms with Crippen molar-refractivity contribution in [2.75, 3.05) is 4.90 Å². The molecule has 8 rings (SSSR count). The topological polar surface area (TPSA) is 79.5 Å². The molecule has 1 saturated heterocycles. The van der Waals surface area contributed by atoms with Gasteiger partial charge in [0, 0.05) is 16.0 Å². The second-order valence-corrected chi connectivity index (χ2v) is 14.4. The highest BCUT2D eigenvalue weighted by Crippen LogP contribution is 2.68. The highest BCUT2D eigenvalue weighted by Gasteiger charge is 2.69. The van der Waals surface area contributed by atoms with Gasteiger partial charge in [-0.15, -0.1) is 11.8 Å². The minimum atomic E-state index is -0.303. The van der Waals surface area contributed by atoms with Crippen molar-refractivity contribution in [1.29, 1.82) is 0 Å². The SMILES string of the molecule is Cc1ccc(N2C(=O)C3C4CC(C3C2=O)C2C4Sc3[nH]c(=O)sc3[C@@H]2c2ccc(OCc3cccc(C)c3)cc2)cc1. The summed E-state index contributed by atoms with van der Waals surface area (Å²) in [4.78, 5) is 45.8. The first kappa shape index (κ1) is 26.0. The molecule has 2 aliphatic heterocycles. The van der Waals surface area contributed by atoms with Gasteiger partial charge in [-0.05, 0) is 73.4 Å². The Balaban J connectivity index is 1.11. The van der Waals surface area contributed by atoms with E-state index in [1.165, 1.54) is 21.8 Å². The zero-order chi connectivity index (χ0) is 28.7. The van der Waals surface area contributed by atoms with Crippen LogP contribution in [0, 0.1) is 43.4 Å². The third kappa shape index (κ3) is 3.95. The van der Waals surface area contributed by atoms with Crippen molar-refractivity contribution in [3.8, 4) is 5.75 Å². The third-order valence-corrected chi connectivity index (χ3v) is 12.3. The molecule has 0 radical (unpaired) electrons. The molecule has 4 aliphatic rings. The van der Waals surface area contributed by atoms with E-state index < -0.39 is 0 Å². The summed E-state index contributed by atoms with van der Waals surface area (Å²) in [5.74, 6) is 0.456. The van der Waals surface area contributed by atoms with Gasteiger partial charge in [0.15, 0.2) is 0 Å². The van der Waals surface area contributed by atoms with E-state index in [4.69, 9.17) is 4.74 Å². The number of rotatable bonds is 5. The summed E-state index contributed by atoms with van der Waals surface area (Å²) < 4.78 is 6.10. The number of hydrogen-bond acceptors (Lipinski definition) is 6. The van der Waals surface area contributed by atoms with Crippen LogP contribution in [0.25, 0.3) is 0 Å². The Morgan fingerprint density at radius 2 is 1.62 bits per heavy atom. The number of amides is 2. The maximum Gasteiger partial charge on any atom is 0.305 e. The van der Waals surface area contributed by atoms with Crippen LogP contribution < -0.4 is 14.5 Å². The van der Waals surface area contributed by atoms with Crippen LogP contribution in [0.15, 0.2) is 82.6 Å². The number of thioether (sulfide) groups is 1. The van der Waals surface area contributed by atoms with Crippen molar-refractivity contribution in [3.63, 3.8) is 0 Å². The molecule has 8 heteroatoms. The predicted octanol–water partition coefficient (Wildman–Crippen LogP) is 6.31. The van der Waals surface area contributed by atoms with Crippen molar-refractivity contribution in [1.82, 2.24) is 4.98 Å². The lowest BCUT2D eigenvalue weighted by molar-refractivity contribution is -0.123. The van der Waals surface area contributed by atoms with Crippen LogP contribution in [0.3, 0.4) is 0 Å². The first-order valence-corrected chi connectivity index (χ1v) is 16.2. The maximum atomic E-state index is 13.9. The summed E-state index contributed by atoms with van der Waals surface area (Å²) in [6.45, 7) is 4.57. The molecule has 6 unspecified atom stereocenters. The van der Waals surface area contributed by atoms with Crippen molar-refractivity contribution < 1.29 is 14.3 Å². The quantitative estimate of drug-likeness (QED) is 0.274. The Hall–Kier alpha value is -3.62. The van der Waals surface area contributed by atoms with Crippen LogP contribution in [0.2, 0.25) is 0 Å². The average molecular weight is 595 g/mol. The van der Waals surface area contributed by atoms with E-state index in [2.05, 4.69) is 42.2 Å². The van der Waals surface area contributed by atoms with E-state index in [-0.39, 0.29) is 57.4 Å². The number of imide groups is 1. The molecular formula is C34H30N2O4S2. The molecule has 0 spiro atoms. The molecule has 1 N–H and O–H groups in total. The number of fused-ring (bicyclic) bond motifs is 9. The monoisotopic (exact) mass is 594 g/mol. The summed E-state index contributed by atoms with van der Waals surface area (Å²) in [6, 6.07) is 24.2. The first-order valence-electron chi connectivity index (χ1n) is 14.5. The zero-order valence-corrected chi connectivity index (χ0v) is 24.9. The van der Waals surface area contributed by atoms with Crippen LogP contribution in [0.1, 0.15) is 39.5 Å². The summed E-state index contributed by atoms with van der Waals surface area (Å²) in [5, 5.41) is 1.10. The number of H-pyrrole nitrogens is 1. The molecule has 3 heterocycles. The molecular weight excluding hydrogens is 565 g/mol. The van der Waals surface area contributed by atoms with Gasteiger partial charge in [-0.3, -0.25) is 19.3 Å². The molecule has 3 fully saturated rings. The number of hydrogen-bond donors (Lipinski definition) is 1. The molecule has 1 aromatic heterocycles. The van der Waals surface area contributed by atoms with Crippen LogP contribution in [0.4, 0.5) is 5.69 Å². The number of thiazole rings is 1. The molecule has 7 atom stereocenters. The number of ether oxygens (including phenoxy) is 1. The van der Waals surface area contributed by atoms with E-state index in [0.29, 0.717) is 12.3 Å². The Bertz CT molecular complexity index is 1780. The molecule has 2 bridgehead atoms. The molecule has 6 nitrogen and oxygen atoms in total. The van der Waals surface area contributed by atoms with Gasteiger partial charge in [-0.25, -0.2) is 0 Å². The lowest BCUT2D eigenvalue weighted by Crippen LogP contribution is -2.42. The first-order chi connectivity index (χ1) is 20.4. The highest BCUT2D eigenvalue weighted by atomic mass is 32.2. The smallest absolute Gasteiger partial charge is 0.305 e. The normalized spacial score (nSPS) is 29.0. The molecule has 2 amide bonds. The standard InChI is InChI=1S/C34H30N2O4S2/c1-17-6-10-21(11-7-17)36-32(37)27-23-15-24(28(27)33(36)38)29-26(23)25(30-31(41-29)35-34(39)42-30)20-8-12-22(13-9-20)40-16-19-5-3-4-18(2)14-19/h3-14,23-29H,15-16H2,1-2H3,(H,35,39)/t23?,24?,25-,26?,27?,28?,29?/m1/s1. The van der Waals surface area contributed by atoms with Gasteiger partial charge < -0.3 is 9.72 Å². The van der Waals surface area contributed by atoms with E-state index in [0.717, 1.165) is 38.8 Å². The average Bonchev–Trinajstić information content (AvgIpc) is 3.72. The molecule has 4 aromatic rings. The van der Waals surface area contributed by atoms with Gasteiger partial charge in [0.2, 0.25) is 11.8 Å². The fourth-order valence-corrected chi connectivity index (χ4v) is 11.0. The maximum absolute atomic E-state index is 13.9. The van der Waals surface area contributed by atoms with Crippen LogP contribution in [-0.2, 0) is 16.2 Å². The van der Waals surface area contributed by atoms with E-state index in [9.17, 15) is 14.4 Å². The number of anilines is 1. The largest absolute Gasteiger partial charge is 0.489 e. The molecule has 212 valence electrons. The minimum absolute atomic E-state index is 0.00620. The molecule has 2 aliphatic carbocycles. The fourth-order valence-electron chi connectivity index (χ4n) is 8.08. The fraction of sp³-hybridized carbons (Fsp3) is 0.324.